The maximum absolute atomic E-state index is 10.6. The minimum absolute atomic E-state index is 0.0516. The fourth-order valence-corrected chi connectivity index (χ4v) is 0.857. The molecule has 5 N–H and O–H groups in total. The van der Waals surface area contributed by atoms with Crippen molar-refractivity contribution in [1.29, 1.82) is 0 Å². The van der Waals surface area contributed by atoms with Crippen LogP contribution in [-0.2, 0) is 4.79 Å². The van der Waals surface area contributed by atoms with Crippen molar-refractivity contribution < 1.29 is 9.90 Å². The quantitative estimate of drug-likeness (QED) is 0.451. The van der Waals surface area contributed by atoms with E-state index in [-0.39, 0.29) is 18.7 Å². The van der Waals surface area contributed by atoms with Gasteiger partial charge in [-0.25, -0.2) is 9.89 Å². The smallest absolute Gasteiger partial charge is 0.340 e. The number of aromatic nitrogens is 3. The molecule has 72 valence electrons. The van der Waals surface area contributed by atoms with E-state index >= 15 is 0 Å². The number of aliphatic hydroxyl groups excluding tert-OH is 1. The highest BCUT2D eigenvalue weighted by atomic mass is 16.3. The largest absolute Gasteiger partial charge is 0.385 e. The number of carbonyl (C=O) groups is 1. The molecular weight excluding hydrogens is 176 g/mol. The van der Waals surface area contributed by atoms with Crippen molar-refractivity contribution in [2.45, 2.75) is 18.9 Å². The molecule has 0 spiro atoms. The van der Waals surface area contributed by atoms with Crippen LogP contribution in [0.1, 0.15) is 24.8 Å². The van der Waals surface area contributed by atoms with Gasteiger partial charge in [-0.2, -0.15) is 5.10 Å². The highest BCUT2D eigenvalue weighted by Crippen LogP contribution is 2.11. The predicted molar refractivity (Wildman–Crippen MR) is 42.6 cm³/mol. The van der Waals surface area contributed by atoms with Crippen LogP contribution >= 0.6 is 0 Å². The number of nitrogens with zero attached hydrogens (tertiary/aromatic N) is 1. The van der Waals surface area contributed by atoms with Crippen molar-refractivity contribution in [3.05, 3.63) is 16.3 Å². The average molecular weight is 186 g/mol. The molecule has 0 saturated heterocycles. The summed E-state index contributed by atoms with van der Waals surface area (Å²) < 4.78 is 0. The first-order chi connectivity index (χ1) is 6.09. The van der Waals surface area contributed by atoms with E-state index in [0.717, 1.165) is 0 Å². The van der Waals surface area contributed by atoms with Crippen LogP contribution in [0.2, 0.25) is 0 Å². The summed E-state index contributed by atoms with van der Waals surface area (Å²) in [6, 6.07) is 0. The number of nitrogens with one attached hydrogen (secondary N) is 2. The third-order valence-corrected chi connectivity index (χ3v) is 1.50. The van der Waals surface area contributed by atoms with Crippen LogP contribution in [0.15, 0.2) is 4.79 Å². The molecule has 0 saturated carbocycles. The van der Waals surface area contributed by atoms with Crippen LogP contribution in [0.4, 0.5) is 0 Å². The van der Waals surface area contributed by atoms with Crippen molar-refractivity contribution in [1.82, 2.24) is 15.2 Å². The van der Waals surface area contributed by atoms with Crippen molar-refractivity contribution in [2.24, 2.45) is 5.73 Å². The van der Waals surface area contributed by atoms with Crippen molar-refractivity contribution in [3.8, 4) is 0 Å². The first-order valence-corrected chi connectivity index (χ1v) is 3.70. The second-order valence-corrected chi connectivity index (χ2v) is 2.58. The Morgan fingerprint density at radius 3 is 2.85 bits per heavy atom. The fourth-order valence-electron chi connectivity index (χ4n) is 0.857. The topological polar surface area (TPSA) is 125 Å². The molecule has 0 aromatic carbocycles. The highest BCUT2D eigenvalue weighted by Gasteiger charge is 2.12. The van der Waals surface area contributed by atoms with E-state index in [1.807, 2.05) is 0 Å². The lowest BCUT2D eigenvalue weighted by Crippen LogP contribution is -2.13. The maximum atomic E-state index is 10.6. The monoisotopic (exact) mass is 186 g/mol. The molecule has 0 bridgehead atoms. The molecule has 13 heavy (non-hydrogen) atoms. The Bertz CT molecular complexity index is 342. The molecule has 1 unspecified atom stereocenters. The summed E-state index contributed by atoms with van der Waals surface area (Å²) in [6.07, 6.45) is -0.766. The summed E-state index contributed by atoms with van der Waals surface area (Å²) in [4.78, 5) is 23.2. The van der Waals surface area contributed by atoms with Crippen LogP contribution in [0, 0.1) is 0 Å². The van der Waals surface area contributed by atoms with Gasteiger partial charge in [0, 0.05) is 6.42 Å². The van der Waals surface area contributed by atoms with Gasteiger partial charge in [0.25, 0.3) is 0 Å². The van der Waals surface area contributed by atoms with Crippen LogP contribution < -0.4 is 11.4 Å². The summed E-state index contributed by atoms with van der Waals surface area (Å²) in [7, 11) is 0. The minimum Gasteiger partial charge on any atom is -0.385 e. The van der Waals surface area contributed by atoms with Crippen LogP contribution in [0.5, 0.6) is 0 Å². The second-order valence-electron chi connectivity index (χ2n) is 2.58. The Morgan fingerprint density at radius 1 is 1.69 bits per heavy atom. The third-order valence-electron chi connectivity index (χ3n) is 1.50. The lowest BCUT2D eigenvalue weighted by Gasteiger charge is -2.03. The third kappa shape index (κ3) is 2.71. The number of primary amides is 1. The molecule has 1 heterocycles. The number of rotatable bonds is 4. The molecule has 0 fully saturated rings. The SMILES string of the molecule is NC(=O)CCC(O)c1n[nH]c(=O)[nH]1. The first-order valence-electron chi connectivity index (χ1n) is 3.70. The normalized spacial score (nSPS) is 12.7. The predicted octanol–water partition coefficient (Wildman–Crippen LogP) is -1.60. The maximum Gasteiger partial charge on any atom is 0.340 e. The van der Waals surface area contributed by atoms with Gasteiger partial charge >= 0.3 is 5.69 Å². The molecule has 1 rings (SSSR count). The summed E-state index contributed by atoms with van der Waals surface area (Å²) in [6.45, 7) is 0. The van der Waals surface area contributed by atoms with Crippen molar-refractivity contribution in [2.75, 3.05) is 0 Å². The van der Waals surface area contributed by atoms with Gasteiger partial charge in [0.05, 0.1) is 0 Å². The summed E-state index contributed by atoms with van der Waals surface area (Å²) in [5.41, 5.74) is 4.38. The number of hydrogen-bond acceptors (Lipinski definition) is 4. The molecule has 7 heteroatoms. The van der Waals surface area contributed by atoms with E-state index in [1.165, 1.54) is 0 Å². The number of aliphatic hydroxyl groups is 1. The summed E-state index contributed by atoms with van der Waals surface area (Å²) in [5.74, 6) is -0.386. The average Bonchev–Trinajstić information content (AvgIpc) is 2.47. The molecule has 0 radical (unpaired) electrons. The van der Waals surface area contributed by atoms with Gasteiger partial charge in [0.1, 0.15) is 6.10 Å². The van der Waals surface area contributed by atoms with Gasteiger partial charge in [0.15, 0.2) is 5.82 Å². The molecule has 0 aliphatic carbocycles. The van der Waals surface area contributed by atoms with Gasteiger partial charge in [0.2, 0.25) is 5.91 Å². The van der Waals surface area contributed by atoms with Crippen LogP contribution in [0.25, 0.3) is 0 Å². The van der Waals surface area contributed by atoms with E-state index in [9.17, 15) is 14.7 Å². The number of aromatic amines is 2. The number of H-pyrrole nitrogens is 2. The first kappa shape index (κ1) is 9.46. The van der Waals surface area contributed by atoms with Gasteiger partial charge in [-0.15, -0.1) is 0 Å². The lowest BCUT2D eigenvalue weighted by molar-refractivity contribution is -0.118. The Balaban J connectivity index is 2.53. The van der Waals surface area contributed by atoms with E-state index in [1.54, 1.807) is 0 Å². The van der Waals surface area contributed by atoms with E-state index in [0.29, 0.717) is 0 Å². The summed E-state index contributed by atoms with van der Waals surface area (Å²) in [5, 5.41) is 14.9. The van der Waals surface area contributed by atoms with Crippen molar-refractivity contribution >= 4 is 5.91 Å². The fraction of sp³-hybridized carbons (Fsp3) is 0.500. The van der Waals surface area contributed by atoms with Crippen LogP contribution in [-0.4, -0.2) is 26.2 Å². The van der Waals surface area contributed by atoms with Gasteiger partial charge in [-0.1, -0.05) is 0 Å². The molecule has 1 aromatic heterocycles. The number of hydrogen-bond donors (Lipinski definition) is 4. The molecular formula is C6H10N4O3. The molecule has 1 amide bonds. The zero-order valence-corrected chi connectivity index (χ0v) is 6.78. The standard InChI is InChI=1S/C6H10N4O3/c7-4(12)2-1-3(11)5-8-6(13)10-9-5/h3,11H,1-2H2,(H2,7,12)(H2,8,9,10,13). The zero-order valence-electron chi connectivity index (χ0n) is 6.78. The van der Waals surface area contributed by atoms with E-state index in [4.69, 9.17) is 5.73 Å². The molecule has 7 nitrogen and oxygen atoms in total. The Kier molecular flexibility index (Phi) is 2.80. The Hall–Kier alpha value is -1.63. The number of carbonyl (C=O) groups excluding carboxylic acids is 1. The molecule has 1 aromatic rings. The zero-order chi connectivity index (χ0) is 9.84. The number of amides is 1. The minimum atomic E-state index is -0.966. The van der Waals surface area contributed by atoms with E-state index < -0.39 is 17.7 Å². The Morgan fingerprint density at radius 2 is 2.38 bits per heavy atom. The van der Waals surface area contributed by atoms with Gasteiger partial charge in [-0.3, -0.25) is 9.78 Å². The van der Waals surface area contributed by atoms with Gasteiger partial charge < -0.3 is 10.8 Å². The molecule has 0 aliphatic rings. The summed E-state index contributed by atoms with van der Waals surface area (Å²) >= 11 is 0. The Labute approximate surface area is 73.0 Å². The van der Waals surface area contributed by atoms with E-state index in [2.05, 4.69) is 15.2 Å². The highest BCUT2D eigenvalue weighted by molar-refractivity contribution is 5.73. The van der Waals surface area contributed by atoms with Gasteiger partial charge in [-0.05, 0) is 6.42 Å². The molecule has 1 atom stereocenters. The molecule has 0 aliphatic heterocycles. The number of nitrogens with two attached hydrogens (primary N) is 1. The van der Waals surface area contributed by atoms with Crippen LogP contribution in [0.3, 0.4) is 0 Å². The lowest BCUT2D eigenvalue weighted by atomic mass is 10.2. The second kappa shape index (κ2) is 3.85. The van der Waals surface area contributed by atoms with Crippen molar-refractivity contribution in [3.63, 3.8) is 0 Å².